The number of ether oxygens (including phenoxy) is 3. The lowest BCUT2D eigenvalue weighted by atomic mass is 9.82. The monoisotopic (exact) mass is 647 g/mol. The van der Waals surface area contributed by atoms with Crippen molar-refractivity contribution in [2.75, 3.05) is 40.0 Å². The third-order valence-corrected chi connectivity index (χ3v) is 8.59. The van der Waals surface area contributed by atoms with Crippen LogP contribution in [0.4, 0.5) is 17.6 Å². The van der Waals surface area contributed by atoms with Crippen LogP contribution in [0, 0.1) is 11.7 Å². The fourth-order valence-electron chi connectivity index (χ4n) is 5.48. The van der Waals surface area contributed by atoms with Gasteiger partial charge in [0, 0.05) is 34.7 Å². The maximum atomic E-state index is 14.8. The number of pyridine rings is 1. The number of carbonyl (C=O) groups excluding carboxylic acids is 1. The summed E-state index contributed by atoms with van der Waals surface area (Å²) in [5.74, 6) is -0.317. The maximum Gasteiger partial charge on any atom is 0.424 e. The summed E-state index contributed by atoms with van der Waals surface area (Å²) in [4.78, 5) is 17.3. The van der Waals surface area contributed by atoms with Crippen molar-refractivity contribution in [3.05, 3.63) is 71.2 Å². The first-order chi connectivity index (χ1) is 21.8. The Morgan fingerprint density at radius 1 is 1.15 bits per heavy atom. The number of benzene rings is 2. The summed E-state index contributed by atoms with van der Waals surface area (Å²) < 4.78 is 74.9. The summed E-state index contributed by atoms with van der Waals surface area (Å²) in [6.45, 7) is 2.91. The molecule has 3 atom stereocenters. The van der Waals surface area contributed by atoms with Crippen molar-refractivity contribution in [3.63, 3.8) is 0 Å². The molecule has 0 saturated heterocycles. The van der Waals surface area contributed by atoms with E-state index >= 15 is 0 Å². The van der Waals surface area contributed by atoms with Gasteiger partial charge in [-0.25, -0.2) is 9.37 Å². The molecule has 2 aliphatic rings. The molecule has 0 spiro atoms. The van der Waals surface area contributed by atoms with E-state index in [1.807, 2.05) is 6.92 Å². The van der Waals surface area contributed by atoms with Crippen LogP contribution in [0.5, 0.6) is 17.2 Å². The minimum atomic E-state index is -5.27. The summed E-state index contributed by atoms with van der Waals surface area (Å²) >= 11 is 0. The first-order valence-electron chi connectivity index (χ1n) is 15.0. The molecule has 2 heterocycles. The van der Waals surface area contributed by atoms with E-state index < -0.39 is 41.2 Å². The van der Waals surface area contributed by atoms with Crippen molar-refractivity contribution in [2.45, 2.75) is 49.9 Å². The van der Waals surface area contributed by atoms with Gasteiger partial charge in [0.05, 0.1) is 32.6 Å². The van der Waals surface area contributed by atoms with E-state index in [1.165, 1.54) is 43.5 Å². The van der Waals surface area contributed by atoms with Gasteiger partial charge >= 0.3 is 6.18 Å². The van der Waals surface area contributed by atoms with E-state index in [9.17, 15) is 27.5 Å². The number of rotatable bonds is 13. The highest BCUT2D eigenvalue weighted by atomic mass is 19.4. The zero-order chi connectivity index (χ0) is 33.3. The number of nitrogens with one attached hydrogen (secondary N) is 2. The SMILES string of the molecule is COc1cc(C(=O)NCC(O)(c2cc3c(c(-c4ccc(F)cc4)n2)OC[C@]3(C)CN[C@@H](C)C2CC2)C(F)(F)F)ccc1OCCO. The predicted octanol–water partition coefficient (Wildman–Crippen LogP) is 4.49. The molecule has 3 aromatic rings. The second kappa shape index (κ2) is 13.0. The summed E-state index contributed by atoms with van der Waals surface area (Å²) in [5, 5.41) is 26.1. The summed E-state index contributed by atoms with van der Waals surface area (Å²) in [6.07, 6.45) is -3.05. The molecule has 1 amide bonds. The average Bonchev–Trinajstić information content (AvgIpc) is 3.84. The van der Waals surface area contributed by atoms with Gasteiger partial charge in [0.25, 0.3) is 5.91 Å². The molecule has 0 radical (unpaired) electrons. The molecule has 248 valence electrons. The van der Waals surface area contributed by atoms with Crippen LogP contribution in [-0.2, 0) is 11.0 Å². The number of fused-ring (bicyclic) bond motifs is 1. The number of aliphatic hydroxyl groups is 2. The van der Waals surface area contributed by atoms with Crippen molar-refractivity contribution >= 4 is 5.91 Å². The Kier molecular flexibility index (Phi) is 9.48. The molecule has 13 heteroatoms. The van der Waals surface area contributed by atoms with Crippen molar-refractivity contribution in [1.82, 2.24) is 15.6 Å². The smallest absolute Gasteiger partial charge is 0.424 e. The lowest BCUT2D eigenvalue weighted by molar-refractivity contribution is -0.265. The van der Waals surface area contributed by atoms with E-state index in [0.717, 1.165) is 25.0 Å². The topological polar surface area (TPSA) is 122 Å². The number of aromatic nitrogens is 1. The van der Waals surface area contributed by atoms with Crippen LogP contribution >= 0.6 is 0 Å². The number of methoxy groups -OCH3 is 1. The van der Waals surface area contributed by atoms with Crippen LogP contribution in [-0.4, -0.2) is 73.3 Å². The van der Waals surface area contributed by atoms with E-state index in [1.54, 1.807) is 0 Å². The van der Waals surface area contributed by atoms with Crippen LogP contribution < -0.4 is 24.8 Å². The molecule has 46 heavy (non-hydrogen) atoms. The number of alkyl halides is 3. The third kappa shape index (κ3) is 6.76. The largest absolute Gasteiger partial charge is 0.493 e. The molecular formula is C33H37F4N3O6. The van der Waals surface area contributed by atoms with Gasteiger partial charge in [0.15, 0.2) is 11.5 Å². The molecular weight excluding hydrogens is 610 g/mol. The predicted molar refractivity (Wildman–Crippen MR) is 161 cm³/mol. The standard InChI is InChI=1S/C33H37F4N3O6/c1-19(20-4-5-20)38-16-31(2)18-46-29-24(31)15-27(40-28(29)21-6-9-23(34)10-7-21)32(43,33(35,36)37)17-39-30(42)22-8-11-25(45-13-12-41)26(14-22)44-3/h6-11,14-15,19-20,38,41,43H,4-5,12-13,16-18H2,1-3H3,(H,39,42)/t19-,31-,32?/m0/s1. The van der Waals surface area contributed by atoms with Gasteiger partial charge in [-0.1, -0.05) is 6.92 Å². The summed E-state index contributed by atoms with van der Waals surface area (Å²) in [5.41, 5.74) is -4.46. The van der Waals surface area contributed by atoms with Crippen LogP contribution in [0.25, 0.3) is 11.3 Å². The summed E-state index contributed by atoms with van der Waals surface area (Å²) in [6, 6.07) is 10.4. The molecule has 1 fully saturated rings. The highest BCUT2D eigenvalue weighted by Crippen LogP contribution is 2.48. The van der Waals surface area contributed by atoms with Crippen molar-refractivity contribution in [3.8, 4) is 28.5 Å². The molecule has 1 aliphatic carbocycles. The van der Waals surface area contributed by atoms with Gasteiger partial charge in [-0.15, -0.1) is 0 Å². The van der Waals surface area contributed by atoms with Gasteiger partial charge < -0.3 is 35.1 Å². The normalized spacial score (nSPS) is 19.5. The quantitative estimate of drug-likeness (QED) is 0.201. The van der Waals surface area contributed by atoms with Crippen molar-refractivity contribution in [2.24, 2.45) is 5.92 Å². The van der Waals surface area contributed by atoms with Crippen LogP contribution in [0.1, 0.15) is 48.3 Å². The molecule has 0 bridgehead atoms. The lowest BCUT2D eigenvalue weighted by Crippen LogP contribution is -2.51. The Hall–Kier alpha value is -3.94. The number of nitrogens with zero attached hydrogens (tertiary/aromatic N) is 1. The fourth-order valence-corrected chi connectivity index (χ4v) is 5.48. The first kappa shape index (κ1) is 33.4. The van der Waals surface area contributed by atoms with Crippen molar-refractivity contribution < 1.29 is 46.8 Å². The molecule has 1 aliphatic heterocycles. The van der Waals surface area contributed by atoms with Gasteiger partial charge in [0.1, 0.15) is 23.9 Å². The lowest BCUT2D eigenvalue weighted by Gasteiger charge is -2.32. The molecule has 4 N–H and O–H groups in total. The highest BCUT2D eigenvalue weighted by Gasteiger charge is 2.57. The second-order valence-corrected chi connectivity index (χ2v) is 12.1. The average molecular weight is 648 g/mol. The number of hydrogen-bond acceptors (Lipinski definition) is 8. The first-order valence-corrected chi connectivity index (χ1v) is 15.0. The summed E-state index contributed by atoms with van der Waals surface area (Å²) in [7, 11) is 1.32. The number of amides is 1. The minimum Gasteiger partial charge on any atom is -0.493 e. The third-order valence-electron chi connectivity index (χ3n) is 8.59. The Bertz CT molecular complexity index is 1570. The molecule has 1 unspecified atom stereocenters. The maximum absolute atomic E-state index is 14.8. The fraction of sp³-hybridized carbons (Fsp3) is 0.455. The van der Waals surface area contributed by atoms with E-state index in [4.69, 9.17) is 19.3 Å². The van der Waals surface area contributed by atoms with Crippen LogP contribution in [0.2, 0.25) is 0 Å². The molecule has 2 aromatic carbocycles. The van der Waals surface area contributed by atoms with Gasteiger partial charge in [0.2, 0.25) is 5.60 Å². The zero-order valence-corrected chi connectivity index (χ0v) is 25.7. The minimum absolute atomic E-state index is 0.0173. The Balaban J connectivity index is 1.51. The number of halogens is 4. The number of carbonyl (C=O) groups is 1. The van der Waals surface area contributed by atoms with E-state index in [2.05, 4.69) is 22.5 Å². The Morgan fingerprint density at radius 2 is 1.87 bits per heavy atom. The number of hydrogen-bond donors (Lipinski definition) is 4. The van der Waals surface area contributed by atoms with Crippen molar-refractivity contribution in [1.29, 1.82) is 0 Å². The van der Waals surface area contributed by atoms with Gasteiger partial charge in [-0.2, -0.15) is 13.2 Å². The molecule has 9 nitrogen and oxygen atoms in total. The van der Waals surface area contributed by atoms with Gasteiger partial charge in [-0.3, -0.25) is 4.79 Å². The van der Waals surface area contributed by atoms with Crippen LogP contribution in [0.3, 0.4) is 0 Å². The highest BCUT2D eigenvalue weighted by molar-refractivity contribution is 5.95. The Labute approximate surface area is 263 Å². The van der Waals surface area contributed by atoms with Gasteiger partial charge in [-0.05, 0) is 74.2 Å². The molecule has 5 rings (SSSR count). The second-order valence-electron chi connectivity index (χ2n) is 12.1. The number of aliphatic hydroxyl groups excluding tert-OH is 1. The van der Waals surface area contributed by atoms with E-state index in [-0.39, 0.29) is 54.4 Å². The van der Waals surface area contributed by atoms with Crippen LogP contribution in [0.15, 0.2) is 48.5 Å². The molecule has 1 saturated carbocycles. The molecule has 1 aromatic heterocycles. The zero-order valence-electron chi connectivity index (χ0n) is 25.7. The Morgan fingerprint density at radius 3 is 2.50 bits per heavy atom. The van der Waals surface area contributed by atoms with E-state index in [0.29, 0.717) is 23.6 Å².